The van der Waals surface area contributed by atoms with E-state index in [0.29, 0.717) is 6.54 Å². The molecule has 0 aliphatic carbocycles. The van der Waals surface area contributed by atoms with Crippen LogP contribution >= 0.6 is 0 Å². The zero-order valence-corrected chi connectivity index (χ0v) is 14.6. The highest BCUT2D eigenvalue weighted by Crippen LogP contribution is 2.27. The van der Waals surface area contributed by atoms with Crippen LogP contribution in [-0.4, -0.2) is 22.2 Å². The van der Waals surface area contributed by atoms with Crippen molar-refractivity contribution in [1.82, 2.24) is 15.1 Å². The third-order valence-corrected chi connectivity index (χ3v) is 4.24. The third-order valence-electron chi connectivity index (χ3n) is 4.24. The van der Waals surface area contributed by atoms with E-state index in [0.717, 1.165) is 23.6 Å². The Labute approximate surface area is 147 Å². The molecule has 3 rings (SSSR count). The van der Waals surface area contributed by atoms with Gasteiger partial charge in [-0.1, -0.05) is 30.3 Å². The van der Waals surface area contributed by atoms with Crippen LogP contribution in [0.15, 0.2) is 59.2 Å². The molecule has 2 aromatic heterocycles. The molecule has 5 nitrogen and oxygen atoms in total. The zero-order chi connectivity index (χ0) is 17.6. The number of nitrogens with one attached hydrogen (secondary N) is 1. The number of hydrogen-bond acceptors (Lipinski definition) is 3. The standard InChI is InChI=1S/C20H23N3O2/c1-15-13-16(2)23(22-15)14-20(24)21-11-10-18(19-9-6-12-25-19)17-7-4-3-5-8-17/h3-9,12-13,18H,10-11,14H2,1-2H3,(H,21,24). The number of rotatable bonds is 7. The minimum atomic E-state index is -0.0301. The van der Waals surface area contributed by atoms with E-state index in [2.05, 4.69) is 22.5 Å². The molecule has 0 radical (unpaired) electrons. The van der Waals surface area contributed by atoms with Gasteiger partial charge in [0, 0.05) is 18.2 Å². The van der Waals surface area contributed by atoms with Crippen LogP contribution < -0.4 is 5.32 Å². The quantitative estimate of drug-likeness (QED) is 0.718. The van der Waals surface area contributed by atoms with Crippen molar-refractivity contribution in [2.45, 2.75) is 32.7 Å². The fraction of sp³-hybridized carbons (Fsp3) is 0.300. The van der Waals surface area contributed by atoms with Crippen molar-refractivity contribution < 1.29 is 9.21 Å². The molecule has 3 aromatic rings. The molecule has 130 valence electrons. The highest BCUT2D eigenvalue weighted by Gasteiger charge is 2.17. The van der Waals surface area contributed by atoms with Crippen LogP contribution in [0.1, 0.15) is 35.1 Å². The van der Waals surface area contributed by atoms with Gasteiger partial charge in [-0.3, -0.25) is 9.48 Å². The smallest absolute Gasteiger partial charge is 0.241 e. The molecule has 1 unspecified atom stereocenters. The molecule has 0 bridgehead atoms. The summed E-state index contributed by atoms with van der Waals surface area (Å²) in [5, 5.41) is 7.31. The Hall–Kier alpha value is -2.82. The van der Waals surface area contributed by atoms with E-state index in [1.807, 2.05) is 50.2 Å². The van der Waals surface area contributed by atoms with Crippen molar-refractivity contribution in [1.29, 1.82) is 0 Å². The summed E-state index contributed by atoms with van der Waals surface area (Å²) in [7, 11) is 0. The Morgan fingerprint density at radius 3 is 2.64 bits per heavy atom. The SMILES string of the molecule is Cc1cc(C)n(CC(=O)NCCC(c2ccccc2)c2ccco2)n1. The number of aryl methyl sites for hydroxylation is 2. The summed E-state index contributed by atoms with van der Waals surface area (Å²) in [6.07, 6.45) is 2.47. The lowest BCUT2D eigenvalue weighted by molar-refractivity contribution is -0.121. The van der Waals surface area contributed by atoms with Gasteiger partial charge >= 0.3 is 0 Å². The highest BCUT2D eigenvalue weighted by atomic mass is 16.3. The van der Waals surface area contributed by atoms with Gasteiger partial charge in [-0.25, -0.2) is 0 Å². The van der Waals surface area contributed by atoms with Gasteiger partial charge in [0.2, 0.25) is 5.91 Å². The molecule has 1 aromatic carbocycles. The Balaban J connectivity index is 1.58. The maximum Gasteiger partial charge on any atom is 0.241 e. The first-order valence-electron chi connectivity index (χ1n) is 8.49. The zero-order valence-electron chi connectivity index (χ0n) is 14.6. The number of benzene rings is 1. The summed E-state index contributed by atoms with van der Waals surface area (Å²) in [5.74, 6) is 1.02. The molecule has 25 heavy (non-hydrogen) atoms. The van der Waals surface area contributed by atoms with Crippen molar-refractivity contribution in [3.8, 4) is 0 Å². The molecule has 0 saturated heterocycles. The molecule has 5 heteroatoms. The molecule has 1 atom stereocenters. The maximum absolute atomic E-state index is 12.2. The van der Waals surface area contributed by atoms with E-state index in [9.17, 15) is 4.79 Å². The van der Waals surface area contributed by atoms with E-state index in [1.165, 1.54) is 5.56 Å². The highest BCUT2D eigenvalue weighted by molar-refractivity contribution is 5.75. The number of furan rings is 1. The van der Waals surface area contributed by atoms with Crippen molar-refractivity contribution in [2.75, 3.05) is 6.54 Å². The Kier molecular flexibility index (Phi) is 5.33. The molecule has 0 fully saturated rings. The van der Waals surface area contributed by atoms with E-state index in [-0.39, 0.29) is 18.4 Å². The largest absolute Gasteiger partial charge is 0.469 e. The Morgan fingerprint density at radius 2 is 2.00 bits per heavy atom. The van der Waals surface area contributed by atoms with E-state index < -0.39 is 0 Å². The number of aromatic nitrogens is 2. The molecule has 0 aliphatic rings. The fourth-order valence-corrected chi connectivity index (χ4v) is 3.03. The Bertz CT molecular complexity index is 807. The van der Waals surface area contributed by atoms with Gasteiger partial charge in [-0.2, -0.15) is 5.10 Å². The van der Waals surface area contributed by atoms with Gasteiger partial charge in [0.25, 0.3) is 0 Å². The molecule has 1 amide bonds. The first-order chi connectivity index (χ1) is 12.1. The van der Waals surface area contributed by atoms with Crippen LogP contribution in [0.5, 0.6) is 0 Å². The molecule has 0 aliphatic heterocycles. The summed E-state index contributed by atoms with van der Waals surface area (Å²) in [6.45, 7) is 4.71. The summed E-state index contributed by atoms with van der Waals surface area (Å²) < 4.78 is 7.32. The van der Waals surface area contributed by atoms with Crippen molar-refractivity contribution >= 4 is 5.91 Å². The van der Waals surface area contributed by atoms with E-state index in [1.54, 1.807) is 10.9 Å². The van der Waals surface area contributed by atoms with E-state index >= 15 is 0 Å². The number of carbonyl (C=O) groups excluding carboxylic acids is 1. The molecule has 0 spiro atoms. The van der Waals surface area contributed by atoms with Crippen molar-refractivity contribution in [2.24, 2.45) is 0 Å². The second-order valence-corrected chi connectivity index (χ2v) is 6.20. The van der Waals surface area contributed by atoms with Crippen LogP contribution in [0, 0.1) is 13.8 Å². The molecule has 0 saturated carbocycles. The minimum Gasteiger partial charge on any atom is -0.469 e. The molecule has 1 N–H and O–H groups in total. The summed E-state index contributed by atoms with van der Waals surface area (Å²) in [6, 6.07) is 16.1. The van der Waals surface area contributed by atoms with Crippen LogP contribution in [0.3, 0.4) is 0 Å². The van der Waals surface area contributed by atoms with Gasteiger partial charge in [0.15, 0.2) is 0 Å². The monoisotopic (exact) mass is 337 g/mol. The summed E-state index contributed by atoms with van der Waals surface area (Å²) in [4.78, 5) is 12.2. The summed E-state index contributed by atoms with van der Waals surface area (Å²) >= 11 is 0. The second kappa shape index (κ2) is 7.83. The molecular weight excluding hydrogens is 314 g/mol. The average molecular weight is 337 g/mol. The van der Waals surface area contributed by atoms with Crippen LogP contribution in [0.2, 0.25) is 0 Å². The van der Waals surface area contributed by atoms with Crippen LogP contribution in [0.25, 0.3) is 0 Å². The first-order valence-corrected chi connectivity index (χ1v) is 8.49. The first kappa shape index (κ1) is 17.0. The topological polar surface area (TPSA) is 60.1 Å². The lowest BCUT2D eigenvalue weighted by Crippen LogP contribution is -2.30. The van der Waals surface area contributed by atoms with Gasteiger partial charge in [-0.15, -0.1) is 0 Å². The van der Waals surface area contributed by atoms with Crippen molar-refractivity contribution in [3.63, 3.8) is 0 Å². The number of carbonyl (C=O) groups is 1. The lowest BCUT2D eigenvalue weighted by Gasteiger charge is -2.15. The fourth-order valence-electron chi connectivity index (χ4n) is 3.03. The normalized spacial score (nSPS) is 12.1. The van der Waals surface area contributed by atoms with E-state index in [4.69, 9.17) is 4.42 Å². The predicted molar refractivity (Wildman–Crippen MR) is 96.3 cm³/mol. The minimum absolute atomic E-state index is 0.0301. The maximum atomic E-state index is 12.2. The second-order valence-electron chi connectivity index (χ2n) is 6.20. The molecule has 2 heterocycles. The van der Waals surface area contributed by atoms with Crippen molar-refractivity contribution in [3.05, 3.63) is 77.5 Å². The van der Waals surface area contributed by atoms with Gasteiger partial charge in [0.05, 0.1) is 12.0 Å². The Morgan fingerprint density at radius 1 is 1.20 bits per heavy atom. The van der Waals surface area contributed by atoms with Gasteiger partial charge in [0.1, 0.15) is 12.3 Å². The average Bonchev–Trinajstić information content (AvgIpc) is 3.23. The lowest BCUT2D eigenvalue weighted by atomic mass is 9.93. The summed E-state index contributed by atoms with van der Waals surface area (Å²) in [5.41, 5.74) is 3.10. The van der Waals surface area contributed by atoms with Gasteiger partial charge in [-0.05, 0) is 44.0 Å². The van der Waals surface area contributed by atoms with Crippen LogP contribution in [0.4, 0.5) is 0 Å². The number of nitrogens with zero attached hydrogens (tertiary/aromatic N) is 2. The number of amides is 1. The van der Waals surface area contributed by atoms with Crippen LogP contribution in [-0.2, 0) is 11.3 Å². The third kappa shape index (κ3) is 4.38. The molecular formula is C20H23N3O2. The number of hydrogen-bond donors (Lipinski definition) is 1. The predicted octanol–water partition coefficient (Wildman–Crippen LogP) is 3.43. The van der Waals surface area contributed by atoms with Gasteiger partial charge < -0.3 is 9.73 Å².